The van der Waals surface area contributed by atoms with E-state index < -0.39 is 4.92 Å². The quantitative estimate of drug-likeness (QED) is 0.502. The van der Waals surface area contributed by atoms with Gasteiger partial charge >= 0.3 is 5.88 Å². The molecule has 0 spiro atoms. The van der Waals surface area contributed by atoms with Crippen LogP contribution in [0.1, 0.15) is 5.56 Å². The number of nitro groups is 1. The molecule has 2 heterocycles. The standard InChI is InChI=1S/C10H11N5O3/c1-14(2)12-6-7-5-11-13-10(7)8-3-4-9(18-8)15(16)17/h3-6H,1-2H3,(H,11,13)/b12-6+. The highest BCUT2D eigenvalue weighted by molar-refractivity contribution is 5.87. The number of rotatable bonds is 4. The first-order valence-corrected chi connectivity index (χ1v) is 5.07. The van der Waals surface area contributed by atoms with E-state index in [-0.39, 0.29) is 5.88 Å². The molecule has 8 nitrogen and oxygen atoms in total. The maximum Gasteiger partial charge on any atom is 0.433 e. The molecule has 0 saturated heterocycles. The van der Waals surface area contributed by atoms with Gasteiger partial charge in [0.15, 0.2) is 5.76 Å². The van der Waals surface area contributed by atoms with E-state index in [9.17, 15) is 10.1 Å². The zero-order valence-corrected chi connectivity index (χ0v) is 9.82. The van der Waals surface area contributed by atoms with Gasteiger partial charge in [-0.05, 0) is 6.07 Å². The van der Waals surface area contributed by atoms with Crippen LogP contribution in [-0.2, 0) is 0 Å². The fourth-order valence-electron chi connectivity index (χ4n) is 1.33. The number of hydrazone groups is 1. The minimum Gasteiger partial charge on any atom is -0.399 e. The summed E-state index contributed by atoms with van der Waals surface area (Å²) >= 11 is 0. The Balaban J connectivity index is 2.33. The van der Waals surface area contributed by atoms with Gasteiger partial charge in [-0.1, -0.05) is 0 Å². The Morgan fingerprint density at radius 1 is 1.56 bits per heavy atom. The highest BCUT2D eigenvalue weighted by Crippen LogP contribution is 2.26. The Kier molecular flexibility index (Phi) is 3.09. The van der Waals surface area contributed by atoms with E-state index in [0.29, 0.717) is 17.0 Å². The van der Waals surface area contributed by atoms with Gasteiger partial charge in [0.1, 0.15) is 10.6 Å². The molecule has 0 unspecified atom stereocenters. The largest absolute Gasteiger partial charge is 0.433 e. The molecule has 0 aliphatic carbocycles. The lowest BCUT2D eigenvalue weighted by molar-refractivity contribution is -0.401. The molecule has 0 fully saturated rings. The van der Waals surface area contributed by atoms with Crippen molar-refractivity contribution in [3.05, 3.63) is 34.0 Å². The SMILES string of the molecule is CN(C)/N=C/c1cn[nH]c1-c1ccc([N+](=O)[O-])o1. The average Bonchev–Trinajstić information content (AvgIpc) is 2.94. The summed E-state index contributed by atoms with van der Waals surface area (Å²) in [4.78, 5) is 9.95. The first kappa shape index (κ1) is 11.8. The third-order valence-electron chi connectivity index (χ3n) is 2.11. The fourth-order valence-corrected chi connectivity index (χ4v) is 1.33. The average molecular weight is 249 g/mol. The molecule has 0 amide bonds. The zero-order chi connectivity index (χ0) is 13.1. The van der Waals surface area contributed by atoms with Gasteiger partial charge in [0.05, 0.1) is 18.5 Å². The van der Waals surface area contributed by atoms with Crippen LogP contribution in [0, 0.1) is 10.1 Å². The zero-order valence-electron chi connectivity index (χ0n) is 9.82. The Hall–Kier alpha value is -2.64. The molecule has 0 atom stereocenters. The van der Waals surface area contributed by atoms with E-state index in [0.717, 1.165) is 0 Å². The predicted molar refractivity (Wildman–Crippen MR) is 64.2 cm³/mol. The number of hydrogen-bond donors (Lipinski definition) is 1. The lowest BCUT2D eigenvalue weighted by Gasteiger charge is -2.01. The number of nitrogens with one attached hydrogen (secondary N) is 1. The van der Waals surface area contributed by atoms with Crippen molar-refractivity contribution in [3.63, 3.8) is 0 Å². The van der Waals surface area contributed by atoms with Gasteiger partial charge in [-0.2, -0.15) is 10.2 Å². The van der Waals surface area contributed by atoms with Crippen molar-refractivity contribution >= 4 is 12.1 Å². The Morgan fingerprint density at radius 3 is 2.94 bits per heavy atom. The summed E-state index contributed by atoms with van der Waals surface area (Å²) < 4.78 is 5.09. The van der Waals surface area contributed by atoms with Crippen molar-refractivity contribution in [2.45, 2.75) is 0 Å². The van der Waals surface area contributed by atoms with Crippen molar-refractivity contribution in [1.82, 2.24) is 15.2 Å². The summed E-state index contributed by atoms with van der Waals surface area (Å²) in [6.07, 6.45) is 3.16. The lowest BCUT2D eigenvalue weighted by atomic mass is 10.2. The highest BCUT2D eigenvalue weighted by Gasteiger charge is 2.16. The number of nitrogens with zero attached hydrogens (tertiary/aromatic N) is 4. The van der Waals surface area contributed by atoms with Crippen LogP contribution in [0.4, 0.5) is 5.88 Å². The second kappa shape index (κ2) is 4.70. The number of H-pyrrole nitrogens is 1. The molecule has 2 rings (SSSR count). The molecule has 94 valence electrons. The second-order valence-electron chi connectivity index (χ2n) is 3.69. The van der Waals surface area contributed by atoms with Gasteiger partial charge in [0.25, 0.3) is 0 Å². The van der Waals surface area contributed by atoms with Crippen molar-refractivity contribution in [1.29, 1.82) is 0 Å². The van der Waals surface area contributed by atoms with Crippen LogP contribution in [0.2, 0.25) is 0 Å². The molecule has 2 aromatic heterocycles. The van der Waals surface area contributed by atoms with Crippen molar-refractivity contribution in [2.24, 2.45) is 5.10 Å². The van der Waals surface area contributed by atoms with E-state index in [2.05, 4.69) is 15.3 Å². The first-order chi connectivity index (χ1) is 8.58. The minimum absolute atomic E-state index is 0.310. The first-order valence-electron chi connectivity index (χ1n) is 5.07. The minimum atomic E-state index is -0.590. The monoisotopic (exact) mass is 249 g/mol. The Labute approximate surface area is 102 Å². The van der Waals surface area contributed by atoms with Crippen LogP contribution < -0.4 is 0 Å². The van der Waals surface area contributed by atoms with Crippen LogP contribution in [0.5, 0.6) is 0 Å². The molecule has 2 aromatic rings. The summed E-state index contributed by atoms with van der Waals surface area (Å²) in [6, 6.07) is 2.81. The van der Waals surface area contributed by atoms with Crippen LogP contribution >= 0.6 is 0 Å². The summed E-state index contributed by atoms with van der Waals surface area (Å²) in [5.41, 5.74) is 1.24. The van der Waals surface area contributed by atoms with Gasteiger partial charge < -0.3 is 9.43 Å². The molecular formula is C10H11N5O3. The number of hydrogen-bond acceptors (Lipinski definition) is 6. The van der Waals surface area contributed by atoms with Gasteiger partial charge in [-0.3, -0.25) is 15.2 Å². The van der Waals surface area contributed by atoms with Gasteiger partial charge in [-0.15, -0.1) is 0 Å². The van der Waals surface area contributed by atoms with Gasteiger partial charge in [0.2, 0.25) is 0 Å². The molecule has 0 aliphatic rings. The van der Waals surface area contributed by atoms with E-state index in [1.807, 2.05) is 0 Å². The lowest BCUT2D eigenvalue weighted by Crippen LogP contribution is -2.01. The summed E-state index contributed by atoms with van der Waals surface area (Å²) in [5, 5.41) is 22.8. The molecule has 8 heteroatoms. The van der Waals surface area contributed by atoms with E-state index in [4.69, 9.17) is 4.42 Å². The Bertz CT molecular complexity index is 584. The fraction of sp³-hybridized carbons (Fsp3) is 0.200. The molecule has 18 heavy (non-hydrogen) atoms. The van der Waals surface area contributed by atoms with Crippen molar-refractivity contribution in [2.75, 3.05) is 14.1 Å². The number of aromatic nitrogens is 2. The molecule has 0 aromatic carbocycles. The topological polar surface area (TPSA) is 101 Å². The van der Waals surface area contributed by atoms with Crippen molar-refractivity contribution in [3.8, 4) is 11.5 Å². The highest BCUT2D eigenvalue weighted by atomic mass is 16.6. The van der Waals surface area contributed by atoms with E-state index in [1.54, 1.807) is 31.5 Å². The predicted octanol–water partition coefficient (Wildman–Crippen LogP) is 1.47. The van der Waals surface area contributed by atoms with Crippen molar-refractivity contribution < 1.29 is 9.34 Å². The molecule has 0 saturated carbocycles. The third kappa shape index (κ3) is 2.37. The number of furan rings is 1. The van der Waals surface area contributed by atoms with Crippen LogP contribution in [-0.4, -0.2) is 40.4 Å². The third-order valence-corrected chi connectivity index (χ3v) is 2.11. The molecule has 0 radical (unpaired) electrons. The molecule has 0 bridgehead atoms. The molecule has 0 aliphatic heterocycles. The maximum absolute atomic E-state index is 10.5. The van der Waals surface area contributed by atoms with E-state index in [1.165, 1.54) is 12.1 Å². The summed E-state index contributed by atoms with van der Waals surface area (Å²) in [7, 11) is 3.57. The second-order valence-corrected chi connectivity index (χ2v) is 3.69. The van der Waals surface area contributed by atoms with Gasteiger partial charge in [-0.25, -0.2) is 0 Å². The number of aromatic amines is 1. The summed E-state index contributed by atoms with van der Waals surface area (Å²) in [6.45, 7) is 0. The van der Waals surface area contributed by atoms with Crippen LogP contribution in [0.15, 0.2) is 27.8 Å². The van der Waals surface area contributed by atoms with Crippen LogP contribution in [0.25, 0.3) is 11.5 Å². The normalized spacial score (nSPS) is 11.0. The summed E-state index contributed by atoms with van der Waals surface area (Å²) in [5.74, 6) is 0.0366. The Morgan fingerprint density at radius 2 is 2.33 bits per heavy atom. The maximum atomic E-state index is 10.5. The van der Waals surface area contributed by atoms with Crippen LogP contribution in [0.3, 0.4) is 0 Å². The molecular weight excluding hydrogens is 238 g/mol. The smallest absolute Gasteiger partial charge is 0.399 e. The van der Waals surface area contributed by atoms with Gasteiger partial charge in [0, 0.05) is 19.7 Å². The molecule has 1 N–H and O–H groups in total. The van der Waals surface area contributed by atoms with E-state index >= 15 is 0 Å².